The fraction of sp³-hybridized carbons (Fsp3) is 0.647. The van der Waals surface area contributed by atoms with E-state index in [9.17, 15) is 5.11 Å². The smallest absolute Gasteiger partial charge is 0.118 e. The van der Waals surface area contributed by atoms with Gasteiger partial charge in [0.2, 0.25) is 0 Å². The van der Waals surface area contributed by atoms with Crippen molar-refractivity contribution in [2.24, 2.45) is 10.8 Å². The fourth-order valence-corrected chi connectivity index (χ4v) is 3.40. The summed E-state index contributed by atoms with van der Waals surface area (Å²) in [7, 11) is 1.65. The first-order chi connectivity index (χ1) is 9.13. The average Bonchev–Trinajstić information content (AvgIpc) is 2.62. The summed E-state index contributed by atoms with van der Waals surface area (Å²) < 4.78 is 11.2. The Labute approximate surface area is 121 Å². The van der Waals surface area contributed by atoms with Gasteiger partial charge in [0, 0.05) is 5.41 Å². The van der Waals surface area contributed by atoms with Gasteiger partial charge in [-0.15, -0.1) is 0 Å². The largest absolute Gasteiger partial charge is 0.497 e. The number of methoxy groups -OCH3 is 1. The third-order valence-corrected chi connectivity index (χ3v) is 4.58. The Morgan fingerprint density at radius 2 is 1.75 bits per heavy atom. The van der Waals surface area contributed by atoms with Crippen LogP contribution in [-0.4, -0.2) is 24.4 Å². The molecule has 1 fully saturated rings. The summed E-state index contributed by atoms with van der Waals surface area (Å²) in [6.07, 6.45) is -0.316. The van der Waals surface area contributed by atoms with Crippen molar-refractivity contribution in [3.05, 3.63) is 29.8 Å². The van der Waals surface area contributed by atoms with Crippen LogP contribution in [-0.2, 0) is 4.74 Å². The van der Waals surface area contributed by atoms with Gasteiger partial charge in [-0.2, -0.15) is 0 Å². The zero-order chi connectivity index (χ0) is 15.2. The summed E-state index contributed by atoms with van der Waals surface area (Å²) in [5.41, 5.74) is -0.504. The Hall–Kier alpha value is -1.06. The molecule has 0 aromatic heterocycles. The summed E-state index contributed by atoms with van der Waals surface area (Å²) >= 11 is 0. The van der Waals surface area contributed by atoms with Crippen molar-refractivity contribution in [3.63, 3.8) is 0 Å². The Bertz CT molecular complexity index is 470. The van der Waals surface area contributed by atoms with Gasteiger partial charge in [0.15, 0.2) is 0 Å². The van der Waals surface area contributed by atoms with Crippen LogP contribution in [0.4, 0.5) is 0 Å². The molecule has 3 nitrogen and oxygen atoms in total. The highest BCUT2D eigenvalue weighted by Crippen LogP contribution is 2.57. The zero-order valence-corrected chi connectivity index (χ0v) is 13.4. The molecule has 0 radical (unpaired) electrons. The number of aliphatic hydroxyl groups is 1. The van der Waals surface area contributed by atoms with Gasteiger partial charge in [-0.25, -0.2) is 0 Å². The first-order valence-electron chi connectivity index (χ1n) is 7.11. The van der Waals surface area contributed by atoms with Gasteiger partial charge in [0.25, 0.3) is 0 Å². The van der Waals surface area contributed by atoms with Crippen LogP contribution in [0.5, 0.6) is 5.75 Å². The van der Waals surface area contributed by atoms with Crippen LogP contribution in [0, 0.1) is 10.8 Å². The molecule has 1 heterocycles. The number of hydrogen-bond donors (Lipinski definition) is 1. The van der Waals surface area contributed by atoms with Gasteiger partial charge in [-0.1, -0.05) is 46.8 Å². The van der Waals surface area contributed by atoms with Crippen molar-refractivity contribution >= 4 is 0 Å². The second kappa shape index (κ2) is 4.74. The minimum Gasteiger partial charge on any atom is -0.497 e. The van der Waals surface area contributed by atoms with Crippen molar-refractivity contribution in [2.75, 3.05) is 13.7 Å². The molecule has 1 aromatic carbocycles. The van der Waals surface area contributed by atoms with Gasteiger partial charge < -0.3 is 14.6 Å². The lowest BCUT2D eigenvalue weighted by atomic mass is 9.60. The van der Waals surface area contributed by atoms with Gasteiger partial charge in [-0.3, -0.25) is 0 Å². The van der Waals surface area contributed by atoms with E-state index in [1.165, 1.54) is 0 Å². The second-order valence-electron chi connectivity index (χ2n) is 7.36. The molecule has 2 rings (SSSR count). The summed E-state index contributed by atoms with van der Waals surface area (Å²) in [5, 5.41) is 11.4. The molecule has 1 N–H and O–H groups in total. The van der Waals surface area contributed by atoms with Crippen LogP contribution in [0.2, 0.25) is 0 Å². The van der Waals surface area contributed by atoms with Crippen LogP contribution >= 0.6 is 0 Å². The van der Waals surface area contributed by atoms with E-state index in [1.54, 1.807) is 7.11 Å². The van der Waals surface area contributed by atoms with Crippen LogP contribution in [0.1, 0.15) is 46.3 Å². The van der Waals surface area contributed by atoms with E-state index in [2.05, 4.69) is 34.6 Å². The number of ether oxygens (including phenoxy) is 2. The molecule has 1 aliphatic heterocycles. The molecular weight excluding hydrogens is 252 g/mol. The highest BCUT2D eigenvalue weighted by atomic mass is 16.5. The lowest BCUT2D eigenvalue weighted by Crippen LogP contribution is -2.54. The van der Waals surface area contributed by atoms with Crippen molar-refractivity contribution in [1.29, 1.82) is 0 Å². The van der Waals surface area contributed by atoms with Gasteiger partial charge in [0.1, 0.15) is 17.5 Å². The molecule has 0 spiro atoms. The average molecular weight is 278 g/mol. The van der Waals surface area contributed by atoms with E-state index >= 15 is 0 Å². The molecule has 0 saturated carbocycles. The minimum atomic E-state index is -0.922. The maximum Gasteiger partial charge on any atom is 0.118 e. The van der Waals surface area contributed by atoms with Crippen LogP contribution in [0.3, 0.4) is 0 Å². The second-order valence-corrected chi connectivity index (χ2v) is 7.36. The first-order valence-corrected chi connectivity index (χ1v) is 7.11. The van der Waals surface area contributed by atoms with Gasteiger partial charge >= 0.3 is 0 Å². The molecule has 0 amide bonds. The normalized spacial score (nSPS) is 29.4. The lowest BCUT2D eigenvalue weighted by Gasteiger charge is -2.48. The van der Waals surface area contributed by atoms with E-state index in [1.807, 2.05) is 24.3 Å². The fourth-order valence-electron chi connectivity index (χ4n) is 3.40. The highest BCUT2D eigenvalue weighted by molar-refractivity contribution is 5.32. The summed E-state index contributed by atoms with van der Waals surface area (Å²) in [5.74, 6) is 0.810. The molecular formula is C17H26O3. The molecule has 2 atom stereocenters. The zero-order valence-electron chi connectivity index (χ0n) is 13.4. The predicted octanol–water partition coefficient (Wildman–Crippen LogP) is 3.57. The van der Waals surface area contributed by atoms with Crippen LogP contribution in [0.15, 0.2) is 24.3 Å². The molecule has 0 aliphatic carbocycles. The van der Waals surface area contributed by atoms with E-state index in [-0.39, 0.29) is 16.9 Å². The quantitative estimate of drug-likeness (QED) is 0.899. The van der Waals surface area contributed by atoms with E-state index in [0.717, 1.165) is 11.3 Å². The topological polar surface area (TPSA) is 38.7 Å². The Kier molecular flexibility index (Phi) is 3.64. The summed E-state index contributed by atoms with van der Waals surface area (Å²) in [4.78, 5) is 0. The molecule has 0 bridgehead atoms. The monoisotopic (exact) mass is 278 g/mol. The van der Waals surface area contributed by atoms with Crippen molar-refractivity contribution in [2.45, 2.75) is 46.3 Å². The van der Waals surface area contributed by atoms with E-state index < -0.39 is 5.60 Å². The Morgan fingerprint density at radius 3 is 2.20 bits per heavy atom. The van der Waals surface area contributed by atoms with Gasteiger partial charge in [0.05, 0.1) is 13.7 Å². The summed E-state index contributed by atoms with van der Waals surface area (Å²) in [6, 6.07) is 7.77. The van der Waals surface area contributed by atoms with Crippen molar-refractivity contribution in [3.8, 4) is 5.75 Å². The third kappa shape index (κ3) is 2.13. The first kappa shape index (κ1) is 15.3. The SMILES string of the molecule is COc1ccc([C@@H]2OCC(C)(C)[C@]2(O)C(C)(C)C)cc1. The highest BCUT2D eigenvalue weighted by Gasteiger charge is 2.61. The van der Waals surface area contributed by atoms with E-state index in [0.29, 0.717) is 6.61 Å². The molecule has 3 heteroatoms. The lowest BCUT2D eigenvalue weighted by molar-refractivity contribution is -0.149. The maximum atomic E-state index is 11.4. The van der Waals surface area contributed by atoms with Crippen LogP contribution < -0.4 is 4.74 Å². The van der Waals surface area contributed by atoms with E-state index in [4.69, 9.17) is 9.47 Å². The number of benzene rings is 1. The molecule has 112 valence electrons. The number of rotatable bonds is 2. The van der Waals surface area contributed by atoms with Crippen molar-refractivity contribution < 1.29 is 14.6 Å². The standard InChI is InChI=1S/C17H26O3/c1-15(2,3)17(18)14(20-11-16(17,4)5)12-7-9-13(19-6)10-8-12/h7-10,14,18H,11H2,1-6H3/t14-,17+/m0/s1. The Balaban J connectivity index is 2.45. The predicted molar refractivity (Wildman–Crippen MR) is 79.9 cm³/mol. The number of hydrogen-bond acceptors (Lipinski definition) is 3. The minimum absolute atomic E-state index is 0.280. The summed E-state index contributed by atoms with van der Waals surface area (Å²) in [6.45, 7) is 10.9. The van der Waals surface area contributed by atoms with Crippen LogP contribution in [0.25, 0.3) is 0 Å². The molecule has 0 unspecified atom stereocenters. The Morgan fingerprint density at radius 1 is 1.20 bits per heavy atom. The van der Waals surface area contributed by atoms with Gasteiger partial charge in [-0.05, 0) is 23.1 Å². The van der Waals surface area contributed by atoms with Crippen molar-refractivity contribution in [1.82, 2.24) is 0 Å². The maximum absolute atomic E-state index is 11.4. The molecule has 1 aromatic rings. The molecule has 1 saturated heterocycles. The molecule has 1 aliphatic rings. The third-order valence-electron chi connectivity index (χ3n) is 4.58. The molecule has 20 heavy (non-hydrogen) atoms.